The molecule has 1 N–H and O–H groups in total. The Labute approximate surface area is 139 Å². The molecule has 0 radical (unpaired) electrons. The van der Waals surface area contributed by atoms with Crippen molar-refractivity contribution < 1.29 is 4.79 Å². The second-order valence-corrected chi connectivity index (χ2v) is 6.48. The van der Waals surface area contributed by atoms with Gasteiger partial charge in [0, 0.05) is 22.1 Å². The monoisotopic (exact) mass is 445 g/mol. The number of nitrogens with zero attached hydrogens (tertiary/aromatic N) is 2. The number of carbonyl (C=O) groups is 1. The number of halogens is 2. The Kier molecular flexibility index (Phi) is 4.98. The van der Waals surface area contributed by atoms with Crippen LogP contribution in [0.15, 0.2) is 41.0 Å². The topological polar surface area (TPSA) is 45.2 Å². The third-order valence-electron chi connectivity index (χ3n) is 2.64. The first kappa shape index (κ1) is 15.2. The number of carbonyl (C=O) groups excluding carboxylic acids is 1. The van der Waals surface area contributed by atoms with Crippen molar-refractivity contribution >= 4 is 55.9 Å². The summed E-state index contributed by atoms with van der Waals surface area (Å²) >= 11 is 5.57. The number of nitrogens with one attached hydrogen (secondary N) is 1. The molecule has 0 atom stereocenters. The first-order chi connectivity index (χ1) is 9.47. The molecule has 0 saturated heterocycles. The van der Waals surface area contributed by atoms with Gasteiger partial charge < -0.3 is 10.2 Å². The minimum atomic E-state index is -0.158. The van der Waals surface area contributed by atoms with Crippen molar-refractivity contribution in [3.05, 3.63) is 50.1 Å². The quantitative estimate of drug-likeness (QED) is 0.731. The van der Waals surface area contributed by atoms with E-state index in [4.69, 9.17) is 0 Å². The minimum Gasteiger partial charge on any atom is -0.363 e. The Morgan fingerprint density at radius 1 is 1.30 bits per heavy atom. The average Bonchev–Trinajstić information content (AvgIpc) is 2.42. The minimum absolute atomic E-state index is 0.158. The van der Waals surface area contributed by atoms with E-state index in [2.05, 4.69) is 48.8 Å². The Morgan fingerprint density at radius 2 is 2.05 bits per heavy atom. The predicted molar refractivity (Wildman–Crippen MR) is 93.4 cm³/mol. The number of rotatable bonds is 3. The summed E-state index contributed by atoms with van der Waals surface area (Å²) < 4.78 is 1.78. The molecule has 1 heterocycles. The van der Waals surface area contributed by atoms with E-state index < -0.39 is 0 Å². The van der Waals surface area contributed by atoms with Crippen molar-refractivity contribution in [1.82, 2.24) is 4.98 Å². The maximum atomic E-state index is 12.2. The van der Waals surface area contributed by atoms with Gasteiger partial charge in [-0.1, -0.05) is 0 Å². The molecule has 20 heavy (non-hydrogen) atoms. The molecule has 0 saturated carbocycles. The molecule has 2 rings (SSSR count). The highest BCUT2D eigenvalue weighted by atomic mass is 127. The van der Waals surface area contributed by atoms with E-state index in [1.54, 1.807) is 6.20 Å². The van der Waals surface area contributed by atoms with Crippen LogP contribution in [-0.2, 0) is 0 Å². The highest BCUT2D eigenvalue weighted by Crippen LogP contribution is 2.21. The maximum Gasteiger partial charge on any atom is 0.256 e. The molecular weight excluding hydrogens is 433 g/mol. The molecule has 0 aliphatic rings. The zero-order valence-corrected chi connectivity index (χ0v) is 14.8. The van der Waals surface area contributed by atoms with Gasteiger partial charge in [-0.25, -0.2) is 4.98 Å². The van der Waals surface area contributed by atoms with Gasteiger partial charge in [0.15, 0.2) is 0 Å². The van der Waals surface area contributed by atoms with E-state index in [9.17, 15) is 4.79 Å². The molecule has 0 aliphatic carbocycles. The summed E-state index contributed by atoms with van der Waals surface area (Å²) in [4.78, 5) is 18.4. The van der Waals surface area contributed by atoms with Gasteiger partial charge >= 0.3 is 0 Å². The molecule has 104 valence electrons. The van der Waals surface area contributed by atoms with Crippen LogP contribution >= 0.6 is 38.5 Å². The van der Waals surface area contributed by atoms with Gasteiger partial charge in [0.05, 0.1) is 17.4 Å². The fraction of sp³-hybridized carbons (Fsp3) is 0.143. The molecule has 0 unspecified atom stereocenters. The van der Waals surface area contributed by atoms with Gasteiger partial charge in [-0.2, -0.15) is 0 Å². The fourth-order valence-corrected chi connectivity index (χ4v) is 2.51. The molecule has 1 aromatic carbocycles. The molecule has 1 amide bonds. The first-order valence-electron chi connectivity index (χ1n) is 5.87. The molecule has 4 nitrogen and oxygen atoms in total. The number of benzene rings is 1. The summed E-state index contributed by atoms with van der Waals surface area (Å²) in [5.41, 5.74) is 1.28. The highest BCUT2D eigenvalue weighted by Gasteiger charge is 2.11. The first-order valence-corrected chi connectivity index (χ1v) is 7.74. The van der Waals surface area contributed by atoms with Crippen molar-refractivity contribution in [2.75, 3.05) is 24.3 Å². The SMILES string of the molecule is CN(C)c1ccc(NC(=O)c2cc(I)ccc2Br)cn1. The second kappa shape index (κ2) is 6.53. The van der Waals surface area contributed by atoms with Gasteiger partial charge in [-0.05, 0) is 68.9 Å². The van der Waals surface area contributed by atoms with E-state index in [1.807, 2.05) is 49.3 Å². The lowest BCUT2D eigenvalue weighted by molar-refractivity contribution is 0.102. The number of amides is 1. The molecule has 6 heteroatoms. The van der Waals surface area contributed by atoms with Crippen LogP contribution in [0.1, 0.15) is 10.4 Å². The number of hydrogen-bond donors (Lipinski definition) is 1. The third-order valence-corrected chi connectivity index (χ3v) is 4.00. The van der Waals surface area contributed by atoms with Crippen LogP contribution in [0.25, 0.3) is 0 Å². The fourth-order valence-electron chi connectivity index (χ4n) is 1.59. The molecule has 0 spiro atoms. The lowest BCUT2D eigenvalue weighted by Gasteiger charge is -2.12. The van der Waals surface area contributed by atoms with E-state index in [0.717, 1.165) is 13.9 Å². The number of hydrogen-bond acceptors (Lipinski definition) is 3. The number of aromatic nitrogens is 1. The summed E-state index contributed by atoms with van der Waals surface area (Å²) in [7, 11) is 3.84. The van der Waals surface area contributed by atoms with Crippen molar-refractivity contribution in [3.63, 3.8) is 0 Å². The molecule has 1 aromatic heterocycles. The molecular formula is C14H13BrIN3O. The van der Waals surface area contributed by atoms with Gasteiger partial charge in [0.25, 0.3) is 5.91 Å². The summed E-state index contributed by atoms with van der Waals surface area (Å²) in [6, 6.07) is 9.34. The van der Waals surface area contributed by atoms with Crippen LogP contribution in [0.4, 0.5) is 11.5 Å². The second-order valence-electron chi connectivity index (χ2n) is 4.38. The van der Waals surface area contributed by atoms with Crippen LogP contribution in [0, 0.1) is 3.57 Å². The van der Waals surface area contributed by atoms with Crippen molar-refractivity contribution in [1.29, 1.82) is 0 Å². The van der Waals surface area contributed by atoms with Crippen molar-refractivity contribution in [3.8, 4) is 0 Å². The van der Waals surface area contributed by atoms with Crippen LogP contribution < -0.4 is 10.2 Å². The lowest BCUT2D eigenvalue weighted by Crippen LogP contribution is -2.14. The largest absolute Gasteiger partial charge is 0.363 e. The summed E-state index contributed by atoms with van der Waals surface area (Å²) in [5, 5.41) is 2.84. The summed E-state index contributed by atoms with van der Waals surface area (Å²) in [6.07, 6.45) is 1.65. The van der Waals surface area contributed by atoms with Crippen LogP contribution in [0.2, 0.25) is 0 Å². The Balaban J connectivity index is 2.17. The third kappa shape index (κ3) is 3.69. The smallest absolute Gasteiger partial charge is 0.256 e. The molecule has 0 bridgehead atoms. The zero-order valence-electron chi connectivity index (χ0n) is 11.0. The lowest BCUT2D eigenvalue weighted by atomic mass is 10.2. The van der Waals surface area contributed by atoms with E-state index in [1.165, 1.54) is 0 Å². The average molecular weight is 446 g/mol. The number of anilines is 2. The van der Waals surface area contributed by atoms with E-state index >= 15 is 0 Å². The normalized spacial score (nSPS) is 10.2. The maximum absolute atomic E-state index is 12.2. The highest BCUT2D eigenvalue weighted by molar-refractivity contribution is 14.1. The molecule has 0 aliphatic heterocycles. The van der Waals surface area contributed by atoms with E-state index in [0.29, 0.717) is 11.3 Å². The number of pyridine rings is 1. The molecule has 0 fully saturated rings. The Hall–Kier alpha value is -1.15. The summed E-state index contributed by atoms with van der Waals surface area (Å²) in [6.45, 7) is 0. The standard InChI is InChI=1S/C14H13BrIN3O/c1-19(2)13-6-4-10(8-17-13)18-14(20)11-7-9(16)3-5-12(11)15/h3-8H,1-2H3,(H,18,20). The predicted octanol–water partition coefficient (Wildman–Crippen LogP) is 3.77. The van der Waals surface area contributed by atoms with Crippen LogP contribution in [0.5, 0.6) is 0 Å². The van der Waals surface area contributed by atoms with E-state index in [-0.39, 0.29) is 5.91 Å². The zero-order chi connectivity index (χ0) is 14.7. The van der Waals surface area contributed by atoms with Gasteiger partial charge in [0.1, 0.15) is 5.82 Å². The Bertz CT molecular complexity index is 629. The Morgan fingerprint density at radius 3 is 2.65 bits per heavy atom. The van der Waals surface area contributed by atoms with Crippen molar-refractivity contribution in [2.24, 2.45) is 0 Å². The van der Waals surface area contributed by atoms with Gasteiger partial charge in [-0.3, -0.25) is 4.79 Å². The van der Waals surface area contributed by atoms with Crippen molar-refractivity contribution in [2.45, 2.75) is 0 Å². The van der Waals surface area contributed by atoms with Crippen LogP contribution in [0.3, 0.4) is 0 Å². The molecule has 2 aromatic rings. The summed E-state index contributed by atoms with van der Waals surface area (Å²) in [5.74, 6) is 0.688. The van der Waals surface area contributed by atoms with Gasteiger partial charge in [0.2, 0.25) is 0 Å². The van der Waals surface area contributed by atoms with Gasteiger partial charge in [-0.15, -0.1) is 0 Å². The van der Waals surface area contributed by atoms with Crippen LogP contribution in [-0.4, -0.2) is 25.0 Å².